The normalized spacial score (nSPS) is 23.9. The van der Waals surface area contributed by atoms with E-state index in [4.69, 9.17) is 0 Å². The van der Waals surface area contributed by atoms with Crippen LogP contribution in [0.1, 0.15) is 32.1 Å². The second-order valence-electron chi connectivity index (χ2n) is 6.03. The molecule has 0 radical (unpaired) electrons. The quantitative estimate of drug-likeness (QED) is 0.839. The Morgan fingerprint density at radius 1 is 1.43 bits per heavy atom. The number of thioether (sulfide) groups is 1. The zero-order valence-electron chi connectivity index (χ0n) is 12.6. The summed E-state index contributed by atoms with van der Waals surface area (Å²) in [5, 5.41) is 13.0. The van der Waals surface area contributed by atoms with Crippen LogP contribution < -0.4 is 10.2 Å². The number of piperidine rings is 1. The first-order chi connectivity index (χ1) is 10.3. The SMILES string of the molecule is CSC1(CNc2cc(N3CCCCC3CO)ncn2)CC1. The summed E-state index contributed by atoms with van der Waals surface area (Å²) in [5.41, 5.74) is 0. The Kier molecular flexibility index (Phi) is 4.54. The molecule has 21 heavy (non-hydrogen) atoms. The number of nitrogens with zero attached hydrogens (tertiary/aromatic N) is 3. The number of hydrogen-bond donors (Lipinski definition) is 2. The molecule has 0 bridgehead atoms. The highest BCUT2D eigenvalue weighted by molar-refractivity contribution is 8.00. The van der Waals surface area contributed by atoms with Crippen LogP contribution in [-0.2, 0) is 0 Å². The van der Waals surface area contributed by atoms with E-state index in [0.717, 1.165) is 31.1 Å². The van der Waals surface area contributed by atoms with Crippen molar-refractivity contribution < 1.29 is 5.11 Å². The molecule has 1 aliphatic heterocycles. The van der Waals surface area contributed by atoms with Crippen molar-refractivity contribution in [1.82, 2.24) is 9.97 Å². The van der Waals surface area contributed by atoms with E-state index in [2.05, 4.69) is 26.4 Å². The summed E-state index contributed by atoms with van der Waals surface area (Å²) in [4.78, 5) is 10.9. The van der Waals surface area contributed by atoms with E-state index in [1.165, 1.54) is 25.7 Å². The first-order valence-electron chi connectivity index (χ1n) is 7.75. The predicted octanol–water partition coefficient (Wildman–Crippen LogP) is 2.14. The van der Waals surface area contributed by atoms with Crippen molar-refractivity contribution in [2.75, 3.05) is 36.2 Å². The number of hydrogen-bond acceptors (Lipinski definition) is 6. The number of anilines is 2. The maximum Gasteiger partial charge on any atom is 0.134 e. The van der Waals surface area contributed by atoms with Gasteiger partial charge >= 0.3 is 0 Å². The fourth-order valence-corrected chi connectivity index (χ4v) is 3.66. The molecule has 0 amide bonds. The molecular formula is C15H24N4OS. The molecule has 6 heteroatoms. The van der Waals surface area contributed by atoms with Crippen molar-refractivity contribution in [3.05, 3.63) is 12.4 Å². The molecule has 1 unspecified atom stereocenters. The molecule has 2 heterocycles. The van der Waals surface area contributed by atoms with Crippen molar-refractivity contribution in [1.29, 1.82) is 0 Å². The molecule has 0 aromatic carbocycles. The molecular weight excluding hydrogens is 284 g/mol. The molecule has 2 fully saturated rings. The molecule has 2 aliphatic rings. The van der Waals surface area contributed by atoms with E-state index in [0.29, 0.717) is 4.75 Å². The van der Waals surface area contributed by atoms with E-state index in [1.54, 1.807) is 6.33 Å². The van der Waals surface area contributed by atoms with E-state index in [1.807, 2.05) is 17.8 Å². The summed E-state index contributed by atoms with van der Waals surface area (Å²) in [7, 11) is 0. The average Bonchev–Trinajstić information content (AvgIpc) is 3.34. The van der Waals surface area contributed by atoms with Gasteiger partial charge in [0.25, 0.3) is 0 Å². The molecule has 1 aromatic heterocycles. The topological polar surface area (TPSA) is 61.3 Å². The minimum atomic E-state index is 0.197. The zero-order chi connectivity index (χ0) is 14.7. The smallest absolute Gasteiger partial charge is 0.134 e. The monoisotopic (exact) mass is 308 g/mol. The highest BCUT2D eigenvalue weighted by Gasteiger charge is 2.41. The Morgan fingerprint density at radius 2 is 2.29 bits per heavy atom. The Labute approximate surface area is 130 Å². The zero-order valence-corrected chi connectivity index (χ0v) is 13.4. The Morgan fingerprint density at radius 3 is 3.00 bits per heavy atom. The van der Waals surface area contributed by atoms with Crippen LogP contribution in [0.5, 0.6) is 0 Å². The van der Waals surface area contributed by atoms with Crippen molar-refractivity contribution >= 4 is 23.4 Å². The van der Waals surface area contributed by atoms with Gasteiger partial charge < -0.3 is 15.3 Å². The van der Waals surface area contributed by atoms with Crippen LogP contribution in [0, 0.1) is 0 Å². The maximum atomic E-state index is 9.54. The van der Waals surface area contributed by atoms with Gasteiger partial charge in [-0.15, -0.1) is 0 Å². The molecule has 0 spiro atoms. The Hall–Kier alpha value is -1.01. The summed E-state index contributed by atoms with van der Waals surface area (Å²) >= 11 is 1.94. The minimum absolute atomic E-state index is 0.197. The summed E-state index contributed by atoms with van der Waals surface area (Å²) in [6.07, 6.45) is 9.78. The van der Waals surface area contributed by atoms with Gasteiger partial charge in [-0.25, -0.2) is 9.97 Å². The lowest BCUT2D eigenvalue weighted by atomic mass is 10.0. The lowest BCUT2D eigenvalue weighted by Crippen LogP contribution is -2.42. The number of rotatable bonds is 6. The van der Waals surface area contributed by atoms with Gasteiger partial charge in [-0.1, -0.05) is 0 Å². The second-order valence-corrected chi connectivity index (χ2v) is 7.30. The highest BCUT2D eigenvalue weighted by Crippen LogP contribution is 2.47. The fourth-order valence-electron chi connectivity index (χ4n) is 2.94. The molecule has 2 N–H and O–H groups in total. The first-order valence-corrected chi connectivity index (χ1v) is 8.97. The van der Waals surface area contributed by atoms with Crippen LogP contribution in [0.25, 0.3) is 0 Å². The van der Waals surface area contributed by atoms with Gasteiger partial charge in [0.05, 0.1) is 12.6 Å². The molecule has 1 saturated carbocycles. The third-order valence-electron chi connectivity index (χ3n) is 4.62. The third kappa shape index (κ3) is 3.43. The number of aromatic nitrogens is 2. The fraction of sp³-hybridized carbons (Fsp3) is 0.733. The van der Waals surface area contributed by atoms with Crippen LogP contribution in [-0.4, -0.2) is 51.8 Å². The number of aliphatic hydroxyl groups is 1. The molecule has 1 atom stereocenters. The molecule has 116 valence electrons. The van der Waals surface area contributed by atoms with E-state index in [9.17, 15) is 5.11 Å². The van der Waals surface area contributed by atoms with Gasteiger partial charge in [-0.3, -0.25) is 0 Å². The number of aliphatic hydroxyl groups excluding tert-OH is 1. The van der Waals surface area contributed by atoms with Gasteiger partial charge in [0.15, 0.2) is 0 Å². The summed E-state index contributed by atoms with van der Waals surface area (Å²) in [6, 6.07) is 2.21. The van der Waals surface area contributed by atoms with Crippen molar-refractivity contribution in [3.8, 4) is 0 Å². The van der Waals surface area contributed by atoms with Gasteiger partial charge in [0.2, 0.25) is 0 Å². The molecule has 1 aliphatic carbocycles. The van der Waals surface area contributed by atoms with Gasteiger partial charge in [0, 0.05) is 23.9 Å². The highest BCUT2D eigenvalue weighted by atomic mass is 32.2. The van der Waals surface area contributed by atoms with Gasteiger partial charge in [-0.05, 0) is 38.4 Å². The molecule has 1 saturated heterocycles. The van der Waals surface area contributed by atoms with Crippen LogP contribution in [0.2, 0.25) is 0 Å². The minimum Gasteiger partial charge on any atom is -0.394 e. The van der Waals surface area contributed by atoms with E-state index < -0.39 is 0 Å². The van der Waals surface area contributed by atoms with Gasteiger partial charge in [0.1, 0.15) is 18.0 Å². The Balaban J connectivity index is 1.67. The van der Waals surface area contributed by atoms with Crippen LogP contribution in [0.3, 0.4) is 0 Å². The lowest BCUT2D eigenvalue weighted by molar-refractivity contribution is 0.239. The van der Waals surface area contributed by atoms with Crippen molar-refractivity contribution in [2.24, 2.45) is 0 Å². The summed E-state index contributed by atoms with van der Waals surface area (Å²) in [5.74, 6) is 1.82. The largest absolute Gasteiger partial charge is 0.394 e. The summed E-state index contributed by atoms with van der Waals surface area (Å²) < 4.78 is 0.421. The predicted molar refractivity (Wildman–Crippen MR) is 88.1 cm³/mol. The average molecular weight is 308 g/mol. The van der Waals surface area contributed by atoms with Crippen LogP contribution >= 0.6 is 11.8 Å². The molecule has 3 rings (SSSR count). The molecule has 5 nitrogen and oxygen atoms in total. The third-order valence-corrected chi connectivity index (χ3v) is 6.04. The second kappa shape index (κ2) is 6.40. The van der Waals surface area contributed by atoms with Crippen LogP contribution in [0.4, 0.5) is 11.6 Å². The van der Waals surface area contributed by atoms with Crippen molar-refractivity contribution in [2.45, 2.75) is 42.9 Å². The Bertz CT molecular complexity index is 480. The van der Waals surface area contributed by atoms with E-state index in [-0.39, 0.29) is 12.6 Å². The standard InChI is InChI=1S/C15H24N4OS/c1-21-15(5-6-15)10-16-13-8-14(18-11-17-13)19-7-3-2-4-12(19)9-20/h8,11-12,20H,2-7,9-10H2,1H3,(H,16,17,18). The van der Waals surface area contributed by atoms with E-state index >= 15 is 0 Å². The first kappa shape index (κ1) is 14.9. The number of nitrogens with one attached hydrogen (secondary N) is 1. The van der Waals surface area contributed by atoms with Gasteiger partial charge in [-0.2, -0.15) is 11.8 Å². The van der Waals surface area contributed by atoms with Crippen molar-refractivity contribution in [3.63, 3.8) is 0 Å². The lowest BCUT2D eigenvalue weighted by Gasteiger charge is -2.35. The molecule has 1 aromatic rings. The van der Waals surface area contributed by atoms with Crippen LogP contribution in [0.15, 0.2) is 12.4 Å². The maximum absolute atomic E-state index is 9.54. The summed E-state index contributed by atoms with van der Waals surface area (Å²) in [6.45, 7) is 2.13.